The molecule has 5 aromatic rings. The zero-order valence-electron chi connectivity index (χ0n) is 17.7. The average Bonchev–Trinajstić information content (AvgIpc) is 3.47. The summed E-state index contributed by atoms with van der Waals surface area (Å²) >= 11 is 0. The third-order valence-electron chi connectivity index (χ3n) is 5.66. The lowest BCUT2D eigenvalue weighted by Crippen LogP contribution is -2.37. The Kier molecular flexibility index (Phi) is 4.84. The smallest absolute Gasteiger partial charge is 0.230 e. The van der Waals surface area contributed by atoms with E-state index < -0.39 is 0 Å². The number of aromatic amines is 1. The quantitative estimate of drug-likeness (QED) is 0.430. The van der Waals surface area contributed by atoms with Gasteiger partial charge in [0.25, 0.3) is 0 Å². The van der Waals surface area contributed by atoms with Crippen LogP contribution in [-0.2, 0) is 11.3 Å². The van der Waals surface area contributed by atoms with Crippen LogP contribution in [-0.4, -0.2) is 55.9 Å². The molecule has 9 nitrogen and oxygen atoms in total. The molecule has 1 aliphatic rings. The van der Waals surface area contributed by atoms with Crippen molar-refractivity contribution in [3.05, 3.63) is 66.4 Å². The largest absolute Gasteiger partial charge is 0.378 e. The molecule has 0 aliphatic carbocycles. The van der Waals surface area contributed by atoms with E-state index in [4.69, 9.17) is 14.7 Å². The minimum Gasteiger partial charge on any atom is -0.378 e. The first-order chi connectivity index (χ1) is 16.2. The van der Waals surface area contributed by atoms with Gasteiger partial charge >= 0.3 is 0 Å². The highest BCUT2D eigenvalue weighted by Gasteiger charge is 2.20. The summed E-state index contributed by atoms with van der Waals surface area (Å²) in [5, 5.41) is 7.88. The van der Waals surface area contributed by atoms with Crippen molar-refractivity contribution < 1.29 is 9.13 Å². The van der Waals surface area contributed by atoms with Gasteiger partial charge in [-0.3, -0.25) is 0 Å². The minimum atomic E-state index is -0.285. The second-order valence-corrected chi connectivity index (χ2v) is 7.80. The van der Waals surface area contributed by atoms with Crippen LogP contribution in [0.25, 0.3) is 27.8 Å². The Hall–Kier alpha value is -4.05. The standard InChI is InChI=1S/C23H21FN8O/c24-16-7-5-15(6-8-16)17-13-26-32-21(17)29-23(31-9-11-33-12-10-31)30-22(32)25-14-20-27-18-3-1-2-4-19(18)28-20/h1-8,13H,9-12,14H2,(H,27,28)(H,25,29,30). The maximum atomic E-state index is 13.5. The summed E-state index contributed by atoms with van der Waals surface area (Å²) in [6.45, 7) is 3.11. The maximum Gasteiger partial charge on any atom is 0.230 e. The Labute approximate surface area is 188 Å². The number of halogens is 1. The lowest BCUT2D eigenvalue weighted by molar-refractivity contribution is 0.122. The van der Waals surface area contributed by atoms with E-state index in [1.165, 1.54) is 12.1 Å². The van der Waals surface area contributed by atoms with Crippen LogP contribution >= 0.6 is 0 Å². The highest BCUT2D eigenvalue weighted by atomic mass is 19.1. The molecular formula is C23H21FN8O. The van der Waals surface area contributed by atoms with Crippen molar-refractivity contribution in [1.82, 2.24) is 29.5 Å². The highest BCUT2D eigenvalue weighted by Crippen LogP contribution is 2.27. The zero-order valence-corrected chi connectivity index (χ0v) is 17.7. The molecule has 3 aromatic heterocycles. The number of hydrogen-bond acceptors (Lipinski definition) is 7. The van der Waals surface area contributed by atoms with Gasteiger partial charge in [-0.1, -0.05) is 24.3 Å². The molecule has 1 saturated heterocycles. The minimum absolute atomic E-state index is 0.285. The van der Waals surface area contributed by atoms with Crippen molar-refractivity contribution >= 4 is 28.6 Å². The number of H-pyrrole nitrogens is 1. The topological polar surface area (TPSA) is 96.3 Å². The molecule has 0 saturated carbocycles. The summed E-state index contributed by atoms with van der Waals surface area (Å²) in [5.74, 6) is 1.66. The van der Waals surface area contributed by atoms with E-state index in [2.05, 4.69) is 25.3 Å². The SMILES string of the molecule is Fc1ccc(-c2cnn3c(NCc4nc5ccccc5[nH]4)nc(N4CCOCC4)nc23)cc1. The second kappa shape index (κ2) is 8.14. The van der Waals surface area contributed by atoms with E-state index in [0.29, 0.717) is 50.4 Å². The molecular weight excluding hydrogens is 423 g/mol. The average molecular weight is 444 g/mol. The third-order valence-corrected chi connectivity index (χ3v) is 5.66. The van der Waals surface area contributed by atoms with Gasteiger partial charge < -0.3 is 19.9 Å². The fraction of sp³-hybridized carbons (Fsp3) is 0.217. The lowest BCUT2D eigenvalue weighted by atomic mass is 10.1. The predicted molar refractivity (Wildman–Crippen MR) is 123 cm³/mol. The zero-order chi connectivity index (χ0) is 22.2. The molecule has 33 heavy (non-hydrogen) atoms. The molecule has 2 aromatic carbocycles. The molecule has 2 N–H and O–H groups in total. The van der Waals surface area contributed by atoms with Crippen molar-refractivity contribution in [2.75, 3.05) is 36.5 Å². The van der Waals surface area contributed by atoms with E-state index in [-0.39, 0.29) is 5.82 Å². The Morgan fingerprint density at radius 3 is 2.64 bits per heavy atom. The van der Waals surface area contributed by atoms with E-state index >= 15 is 0 Å². The van der Waals surface area contributed by atoms with E-state index in [0.717, 1.165) is 28.0 Å². The van der Waals surface area contributed by atoms with E-state index in [9.17, 15) is 4.39 Å². The van der Waals surface area contributed by atoms with Crippen molar-refractivity contribution in [3.63, 3.8) is 0 Å². The predicted octanol–water partition coefficient (Wildman–Crippen LogP) is 3.26. The van der Waals surface area contributed by atoms with Crippen molar-refractivity contribution in [2.24, 2.45) is 0 Å². The Morgan fingerprint density at radius 2 is 1.82 bits per heavy atom. The number of ether oxygens (including phenoxy) is 1. The summed E-state index contributed by atoms with van der Waals surface area (Å²) in [4.78, 5) is 19.6. The van der Waals surface area contributed by atoms with Gasteiger partial charge in [-0.05, 0) is 29.8 Å². The van der Waals surface area contributed by atoms with Crippen LogP contribution in [0.3, 0.4) is 0 Å². The van der Waals surface area contributed by atoms with Gasteiger partial charge in [0.2, 0.25) is 11.9 Å². The number of imidazole rings is 1. The summed E-state index contributed by atoms with van der Waals surface area (Å²) in [6.07, 6.45) is 1.73. The first-order valence-electron chi connectivity index (χ1n) is 10.8. The number of morpholine rings is 1. The molecule has 0 bridgehead atoms. The van der Waals surface area contributed by atoms with Gasteiger partial charge in [-0.2, -0.15) is 19.6 Å². The number of hydrogen-bond donors (Lipinski definition) is 2. The Bertz CT molecular complexity index is 1390. The summed E-state index contributed by atoms with van der Waals surface area (Å²) in [6, 6.07) is 14.2. The number of anilines is 2. The molecule has 10 heteroatoms. The van der Waals surface area contributed by atoms with Crippen LogP contribution in [0.1, 0.15) is 5.82 Å². The monoisotopic (exact) mass is 444 g/mol. The van der Waals surface area contributed by atoms with Gasteiger partial charge in [0.15, 0.2) is 5.65 Å². The lowest BCUT2D eigenvalue weighted by Gasteiger charge is -2.27. The number of fused-ring (bicyclic) bond motifs is 2. The molecule has 0 atom stereocenters. The van der Waals surface area contributed by atoms with Crippen molar-refractivity contribution in [3.8, 4) is 11.1 Å². The highest BCUT2D eigenvalue weighted by molar-refractivity contribution is 5.78. The fourth-order valence-corrected chi connectivity index (χ4v) is 3.97. The number of nitrogens with zero attached hydrogens (tertiary/aromatic N) is 6. The Morgan fingerprint density at radius 1 is 1.00 bits per heavy atom. The number of aromatic nitrogens is 6. The van der Waals surface area contributed by atoms with Crippen LogP contribution < -0.4 is 10.2 Å². The van der Waals surface area contributed by atoms with E-state index in [1.807, 2.05) is 24.3 Å². The Balaban J connectivity index is 1.40. The van der Waals surface area contributed by atoms with Crippen molar-refractivity contribution in [1.29, 1.82) is 0 Å². The van der Waals surface area contributed by atoms with Gasteiger partial charge in [0.05, 0.1) is 37.0 Å². The summed E-state index contributed by atoms with van der Waals surface area (Å²) in [5.41, 5.74) is 4.17. The first kappa shape index (κ1) is 19.6. The molecule has 0 unspecified atom stereocenters. The molecule has 6 rings (SSSR count). The van der Waals surface area contributed by atoms with Crippen LogP contribution in [0.2, 0.25) is 0 Å². The van der Waals surface area contributed by atoms with E-state index in [1.54, 1.807) is 22.8 Å². The second-order valence-electron chi connectivity index (χ2n) is 7.80. The fourth-order valence-electron chi connectivity index (χ4n) is 3.97. The van der Waals surface area contributed by atoms with Gasteiger partial charge in [0, 0.05) is 18.7 Å². The van der Waals surface area contributed by atoms with Crippen LogP contribution in [0.4, 0.5) is 16.3 Å². The third kappa shape index (κ3) is 3.74. The molecule has 4 heterocycles. The van der Waals surface area contributed by atoms with Gasteiger partial charge in [-0.25, -0.2) is 9.37 Å². The molecule has 0 amide bonds. The number of rotatable bonds is 5. The number of nitrogens with one attached hydrogen (secondary N) is 2. The molecule has 1 aliphatic heterocycles. The van der Waals surface area contributed by atoms with Crippen LogP contribution in [0.15, 0.2) is 54.7 Å². The van der Waals surface area contributed by atoms with Crippen molar-refractivity contribution in [2.45, 2.75) is 6.54 Å². The molecule has 1 fully saturated rings. The number of para-hydroxylation sites is 2. The molecule has 0 radical (unpaired) electrons. The molecule has 0 spiro atoms. The first-order valence-corrected chi connectivity index (χ1v) is 10.8. The van der Waals surface area contributed by atoms with Gasteiger partial charge in [-0.15, -0.1) is 0 Å². The maximum absolute atomic E-state index is 13.5. The molecule has 166 valence electrons. The number of benzene rings is 2. The van der Waals surface area contributed by atoms with Gasteiger partial charge in [0.1, 0.15) is 11.6 Å². The summed E-state index contributed by atoms with van der Waals surface area (Å²) < 4.78 is 20.6. The summed E-state index contributed by atoms with van der Waals surface area (Å²) in [7, 11) is 0. The normalized spacial score (nSPS) is 14.3. The van der Waals surface area contributed by atoms with Crippen LogP contribution in [0.5, 0.6) is 0 Å². The van der Waals surface area contributed by atoms with Crippen LogP contribution in [0, 0.1) is 5.82 Å².